The third-order valence-electron chi connectivity index (χ3n) is 4.05. The molecule has 1 aliphatic heterocycles. The van der Waals surface area contributed by atoms with Crippen LogP contribution in [-0.4, -0.2) is 38.3 Å². The van der Waals surface area contributed by atoms with Gasteiger partial charge in [-0.15, -0.1) is 0 Å². The molecule has 0 N–H and O–H groups in total. The molecule has 0 bridgehead atoms. The van der Waals surface area contributed by atoms with E-state index in [1.807, 2.05) is 36.4 Å². The van der Waals surface area contributed by atoms with Crippen LogP contribution in [0.2, 0.25) is 0 Å². The Balaban J connectivity index is 1.77. The summed E-state index contributed by atoms with van der Waals surface area (Å²) < 4.78 is 27.1. The van der Waals surface area contributed by atoms with Crippen molar-refractivity contribution in [3.63, 3.8) is 0 Å². The highest BCUT2D eigenvalue weighted by Gasteiger charge is 2.24. The first-order valence-corrected chi connectivity index (χ1v) is 9.53. The number of carbonyl (C=O) groups excluding carboxylic acids is 1. The number of hydrogen-bond acceptors (Lipinski definition) is 5. The minimum Gasteiger partial charge on any atom is -0.445 e. The van der Waals surface area contributed by atoms with Crippen LogP contribution in [0.25, 0.3) is 0 Å². The minimum atomic E-state index is -3.11. The second kappa shape index (κ2) is 9.02. The number of hydrogen-bond donors (Lipinski definition) is 0. The van der Waals surface area contributed by atoms with Gasteiger partial charge in [-0.1, -0.05) is 36.4 Å². The monoisotopic (exact) mass is 353 g/mol. The fourth-order valence-electron chi connectivity index (χ4n) is 2.51. The second-order valence-electron chi connectivity index (χ2n) is 5.61. The van der Waals surface area contributed by atoms with Crippen molar-refractivity contribution in [1.82, 2.24) is 4.90 Å². The molecule has 132 valence electrons. The van der Waals surface area contributed by atoms with E-state index in [1.54, 1.807) is 4.90 Å². The van der Waals surface area contributed by atoms with Crippen molar-refractivity contribution >= 4 is 13.7 Å². The maximum absolute atomic E-state index is 12.1. The zero-order chi connectivity index (χ0) is 17.4. The van der Waals surface area contributed by atoms with Gasteiger partial charge in [-0.25, -0.2) is 4.79 Å². The van der Waals surface area contributed by atoms with Crippen molar-refractivity contribution in [2.24, 2.45) is 5.92 Å². The summed E-state index contributed by atoms with van der Waals surface area (Å²) in [5.41, 5.74) is 0.971. The third kappa shape index (κ3) is 5.48. The van der Waals surface area contributed by atoms with Gasteiger partial charge in [0.2, 0.25) is 0 Å². The first-order chi connectivity index (χ1) is 11.6. The number of allylic oxidation sites excluding steroid dienone is 1. The first kappa shape index (κ1) is 18.7. The molecular weight excluding hydrogens is 329 g/mol. The third-order valence-corrected chi connectivity index (χ3v) is 5.61. The van der Waals surface area contributed by atoms with E-state index in [4.69, 9.17) is 13.8 Å². The number of benzene rings is 1. The molecular formula is C17H24NO5P. The molecule has 0 aliphatic carbocycles. The van der Waals surface area contributed by atoms with Gasteiger partial charge in [0, 0.05) is 33.1 Å². The van der Waals surface area contributed by atoms with Gasteiger partial charge in [-0.3, -0.25) is 4.57 Å². The van der Waals surface area contributed by atoms with E-state index < -0.39 is 7.60 Å². The molecule has 1 fully saturated rings. The molecule has 24 heavy (non-hydrogen) atoms. The lowest BCUT2D eigenvalue weighted by atomic mass is 9.97. The normalized spacial score (nSPS) is 16.5. The highest BCUT2D eigenvalue weighted by atomic mass is 31.2. The summed E-state index contributed by atoms with van der Waals surface area (Å²) in [6.45, 7) is 1.52. The van der Waals surface area contributed by atoms with E-state index in [2.05, 4.69) is 0 Å². The van der Waals surface area contributed by atoms with Crippen LogP contribution in [0, 0.1) is 5.92 Å². The van der Waals surface area contributed by atoms with Crippen LogP contribution >= 0.6 is 7.60 Å². The van der Waals surface area contributed by atoms with Crippen molar-refractivity contribution in [2.45, 2.75) is 19.4 Å². The standard InChI is InChI=1S/C17H24NO5P/c1-21-24(20,22-2)13-10-15-8-11-18(12-9-15)17(19)23-14-16-6-4-3-5-7-16/h3-7,10,13,15H,8-9,11-12,14H2,1-2H3/b13-10+. The fourth-order valence-corrected chi connectivity index (χ4v) is 3.36. The van der Waals surface area contributed by atoms with Gasteiger partial charge in [0.1, 0.15) is 6.61 Å². The highest BCUT2D eigenvalue weighted by molar-refractivity contribution is 7.57. The lowest BCUT2D eigenvalue weighted by molar-refractivity contribution is 0.0854. The number of piperidine rings is 1. The van der Waals surface area contributed by atoms with Crippen LogP contribution in [0.15, 0.2) is 42.2 Å². The average Bonchev–Trinajstić information content (AvgIpc) is 2.65. The SMILES string of the molecule is COP(=O)(/C=C/C1CCN(C(=O)OCc2ccccc2)CC1)OC. The maximum atomic E-state index is 12.1. The van der Waals surface area contributed by atoms with Crippen LogP contribution in [-0.2, 0) is 25.0 Å². The Labute approximate surface area is 142 Å². The average molecular weight is 353 g/mol. The van der Waals surface area contributed by atoms with E-state index >= 15 is 0 Å². The van der Waals surface area contributed by atoms with Gasteiger partial charge < -0.3 is 18.7 Å². The summed E-state index contributed by atoms with van der Waals surface area (Å²) in [5, 5.41) is 0. The first-order valence-electron chi connectivity index (χ1n) is 7.92. The van der Waals surface area contributed by atoms with E-state index in [1.165, 1.54) is 20.0 Å². The van der Waals surface area contributed by atoms with Gasteiger partial charge >= 0.3 is 13.7 Å². The molecule has 7 heteroatoms. The molecule has 0 saturated carbocycles. The number of likely N-dealkylation sites (tertiary alicyclic amines) is 1. The minimum absolute atomic E-state index is 0.252. The summed E-state index contributed by atoms with van der Waals surface area (Å²) in [6, 6.07) is 9.61. The lowest BCUT2D eigenvalue weighted by Gasteiger charge is -2.30. The van der Waals surface area contributed by atoms with Gasteiger partial charge in [0.05, 0.1) is 0 Å². The summed E-state index contributed by atoms with van der Waals surface area (Å²) in [7, 11) is -0.390. The van der Waals surface area contributed by atoms with Crippen molar-refractivity contribution in [2.75, 3.05) is 27.3 Å². The van der Waals surface area contributed by atoms with E-state index in [-0.39, 0.29) is 18.6 Å². The van der Waals surface area contributed by atoms with Gasteiger partial charge in [0.25, 0.3) is 0 Å². The number of amides is 1. The van der Waals surface area contributed by atoms with Crippen LogP contribution in [0.5, 0.6) is 0 Å². The zero-order valence-corrected chi connectivity index (χ0v) is 15.0. The van der Waals surface area contributed by atoms with E-state index in [0.717, 1.165) is 18.4 Å². The topological polar surface area (TPSA) is 65.1 Å². The molecule has 0 unspecified atom stereocenters. The summed E-state index contributed by atoms with van der Waals surface area (Å²) in [5.74, 6) is 1.75. The molecule has 1 aromatic carbocycles. The molecule has 1 saturated heterocycles. The predicted octanol–water partition coefficient (Wildman–Crippen LogP) is 4.03. The van der Waals surface area contributed by atoms with Crippen LogP contribution in [0.3, 0.4) is 0 Å². The predicted molar refractivity (Wildman–Crippen MR) is 91.7 cm³/mol. The largest absolute Gasteiger partial charge is 0.445 e. The Morgan fingerprint density at radius 3 is 2.42 bits per heavy atom. The van der Waals surface area contributed by atoms with E-state index in [9.17, 15) is 9.36 Å². The summed E-state index contributed by atoms with van der Waals surface area (Å²) >= 11 is 0. The Morgan fingerprint density at radius 1 is 1.21 bits per heavy atom. The summed E-state index contributed by atoms with van der Waals surface area (Å²) in [4.78, 5) is 13.8. The molecule has 1 heterocycles. The van der Waals surface area contributed by atoms with Crippen LogP contribution in [0.4, 0.5) is 4.79 Å². The van der Waals surface area contributed by atoms with Crippen LogP contribution < -0.4 is 0 Å². The van der Waals surface area contributed by atoms with Crippen molar-refractivity contribution in [3.05, 3.63) is 47.8 Å². The quantitative estimate of drug-likeness (QED) is 0.722. The second-order valence-corrected chi connectivity index (χ2v) is 7.72. The molecule has 1 aromatic rings. The van der Waals surface area contributed by atoms with Gasteiger partial charge in [-0.05, 0) is 24.3 Å². The highest BCUT2D eigenvalue weighted by Crippen LogP contribution is 2.48. The van der Waals surface area contributed by atoms with Crippen molar-refractivity contribution < 1.29 is 23.1 Å². The fraction of sp³-hybridized carbons (Fsp3) is 0.471. The Hall–Kier alpha value is -1.62. The number of carbonyl (C=O) groups is 1. The number of ether oxygens (including phenoxy) is 1. The molecule has 0 aromatic heterocycles. The molecule has 0 radical (unpaired) electrons. The molecule has 0 atom stereocenters. The molecule has 1 aliphatic rings. The van der Waals surface area contributed by atoms with Gasteiger partial charge in [0.15, 0.2) is 0 Å². The number of nitrogens with zero attached hydrogens (tertiary/aromatic N) is 1. The lowest BCUT2D eigenvalue weighted by Crippen LogP contribution is -2.38. The molecule has 0 spiro atoms. The number of rotatable bonds is 6. The Bertz CT molecular complexity index is 588. The maximum Gasteiger partial charge on any atom is 0.410 e. The smallest absolute Gasteiger partial charge is 0.410 e. The Kier molecular flexibility index (Phi) is 7.03. The molecule has 1 amide bonds. The van der Waals surface area contributed by atoms with Crippen LogP contribution in [0.1, 0.15) is 18.4 Å². The Morgan fingerprint density at radius 2 is 1.83 bits per heavy atom. The summed E-state index contributed by atoms with van der Waals surface area (Å²) in [6.07, 6.45) is 3.16. The van der Waals surface area contributed by atoms with E-state index in [0.29, 0.717) is 13.1 Å². The zero-order valence-electron chi connectivity index (χ0n) is 14.1. The molecule has 6 nitrogen and oxygen atoms in total. The molecule has 2 rings (SSSR count). The van der Waals surface area contributed by atoms with Gasteiger partial charge in [-0.2, -0.15) is 0 Å². The van der Waals surface area contributed by atoms with Crippen molar-refractivity contribution in [1.29, 1.82) is 0 Å². The van der Waals surface area contributed by atoms with Crippen molar-refractivity contribution in [3.8, 4) is 0 Å².